The molecule has 2 aromatic carbocycles. The van der Waals surface area contributed by atoms with Crippen LogP contribution in [0.3, 0.4) is 0 Å². The number of aryl methyl sites for hydroxylation is 1. The first-order chi connectivity index (χ1) is 11.7. The third-order valence-corrected chi connectivity index (χ3v) is 4.34. The minimum atomic E-state index is -0.468. The lowest BCUT2D eigenvalue weighted by molar-refractivity contribution is -0.127. The largest absolute Gasteiger partial charge is 0.496 e. The second-order valence-electron chi connectivity index (χ2n) is 5.77. The number of hydrogen-bond acceptors (Lipinski definition) is 3. The Morgan fingerprint density at radius 1 is 1.33 bits per heavy atom. The molecule has 3 rings (SSSR count). The number of amides is 1. The number of fused-ring (bicyclic) bond motifs is 1. The molecule has 24 heavy (non-hydrogen) atoms. The number of nitrogens with one attached hydrogen (secondary N) is 1. The fourth-order valence-corrected chi connectivity index (χ4v) is 3.07. The molecule has 126 valence electrons. The zero-order valence-corrected chi connectivity index (χ0v) is 14.3. The van der Waals surface area contributed by atoms with E-state index in [0.717, 1.165) is 35.5 Å². The Morgan fingerprint density at radius 2 is 2.17 bits per heavy atom. The molecule has 0 saturated carbocycles. The topological polar surface area (TPSA) is 47.6 Å². The van der Waals surface area contributed by atoms with Crippen LogP contribution in [0.2, 0.25) is 5.02 Å². The molecule has 0 unspecified atom stereocenters. The molecule has 1 N–H and O–H groups in total. The Morgan fingerprint density at radius 3 is 3.00 bits per heavy atom. The number of carbonyl (C=O) groups is 1. The van der Waals surface area contributed by atoms with Crippen LogP contribution in [-0.4, -0.2) is 25.7 Å². The van der Waals surface area contributed by atoms with E-state index >= 15 is 0 Å². The number of ether oxygens (including phenoxy) is 2. The van der Waals surface area contributed by atoms with Crippen molar-refractivity contribution in [3.05, 3.63) is 58.6 Å². The average molecular weight is 346 g/mol. The number of carbonyl (C=O) groups excluding carboxylic acids is 1. The van der Waals surface area contributed by atoms with Gasteiger partial charge in [0.05, 0.1) is 7.11 Å². The van der Waals surface area contributed by atoms with Gasteiger partial charge in [-0.1, -0.05) is 29.8 Å². The van der Waals surface area contributed by atoms with Crippen molar-refractivity contribution >= 4 is 17.5 Å². The van der Waals surface area contributed by atoms with Crippen molar-refractivity contribution < 1.29 is 14.3 Å². The summed E-state index contributed by atoms with van der Waals surface area (Å²) in [6.07, 6.45) is 1.79. The van der Waals surface area contributed by atoms with Gasteiger partial charge in [-0.05, 0) is 48.2 Å². The molecule has 5 heteroatoms. The summed E-state index contributed by atoms with van der Waals surface area (Å²) in [5, 5.41) is 3.61. The maximum Gasteiger partial charge on any atom is 0.261 e. The Kier molecular flexibility index (Phi) is 5.26. The molecule has 1 atom stereocenters. The Hall–Kier alpha value is -2.20. The van der Waals surface area contributed by atoms with E-state index in [1.807, 2.05) is 36.4 Å². The fourth-order valence-electron chi connectivity index (χ4n) is 2.88. The van der Waals surface area contributed by atoms with Gasteiger partial charge in [-0.25, -0.2) is 0 Å². The van der Waals surface area contributed by atoms with Crippen molar-refractivity contribution in [2.24, 2.45) is 0 Å². The van der Waals surface area contributed by atoms with E-state index in [1.165, 1.54) is 0 Å². The van der Waals surface area contributed by atoms with Crippen LogP contribution in [-0.2, 0) is 17.6 Å². The highest BCUT2D eigenvalue weighted by Gasteiger charge is 2.28. The maximum atomic E-state index is 12.2. The van der Waals surface area contributed by atoms with Gasteiger partial charge in [0.2, 0.25) is 0 Å². The predicted molar refractivity (Wildman–Crippen MR) is 93.9 cm³/mol. The Balaban J connectivity index is 1.45. The van der Waals surface area contributed by atoms with E-state index in [2.05, 4.69) is 5.32 Å². The van der Waals surface area contributed by atoms with Crippen LogP contribution in [0, 0.1) is 0 Å². The summed E-state index contributed by atoms with van der Waals surface area (Å²) in [5.41, 5.74) is 2.13. The summed E-state index contributed by atoms with van der Waals surface area (Å²) >= 11 is 5.97. The number of halogens is 1. The molecular formula is C19H20ClNO3. The van der Waals surface area contributed by atoms with Gasteiger partial charge >= 0.3 is 0 Å². The van der Waals surface area contributed by atoms with E-state index in [1.54, 1.807) is 13.2 Å². The number of methoxy groups -OCH3 is 1. The standard InChI is InChI=1S/C19H20ClNO3/c1-23-16-7-3-2-5-13(16)6-4-10-21-19(22)18-12-14-11-15(20)8-9-17(14)24-18/h2-3,5,7-9,11,18H,4,6,10,12H2,1H3,(H,21,22)/t18-/m0/s1. The van der Waals surface area contributed by atoms with Crippen LogP contribution in [0.15, 0.2) is 42.5 Å². The predicted octanol–water partition coefficient (Wildman–Crippen LogP) is 3.40. The first kappa shape index (κ1) is 16.7. The van der Waals surface area contributed by atoms with Crippen LogP contribution in [0.5, 0.6) is 11.5 Å². The SMILES string of the molecule is COc1ccccc1CCCNC(=O)[C@@H]1Cc2cc(Cl)ccc2O1. The highest BCUT2D eigenvalue weighted by atomic mass is 35.5. The molecule has 0 radical (unpaired) electrons. The fraction of sp³-hybridized carbons (Fsp3) is 0.316. The number of hydrogen-bond donors (Lipinski definition) is 1. The lowest BCUT2D eigenvalue weighted by Gasteiger charge is -2.12. The molecule has 2 aromatic rings. The van der Waals surface area contributed by atoms with Crippen molar-refractivity contribution in [3.8, 4) is 11.5 Å². The zero-order chi connectivity index (χ0) is 16.9. The quantitative estimate of drug-likeness (QED) is 0.816. The van der Waals surface area contributed by atoms with E-state index in [0.29, 0.717) is 18.0 Å². The molecule has 1 aliphatic rings. The molecule has 1 aliphatic heterocycles. The van der Waals surface area contributed by atoms with Crippen molar-refractivity contribution in [1.82, 2.24) is 5.32 Å². The highest BCUT2D eigenvalue weighted by Crippen LogP contribution is 2.31. The lowest BCUT2D eigenvalue weighted by Crippen LogP contribution is -2.38. The first-order valence-electron chi connectivity index (χ1n) is 8.02. The highest BCUT2D eigenvalue weighted by molar-refractivity contribution is 6.30. The normalized spacial score (nSPS) is 15.5. The average Bonchev–Trinajstić information content (AvgIpc) is 3.02. The third kappa shape index (κ3) is 3.82. The number of benzene rings is 2. The second kappa shape index (κ2) is 7.58. The molecule has 4 nitrogen and oxygen atoms in total. The monoisotopic (exact) mass is 345 g/mol. The van der Waals surface area contributed by atoms with Crippen LogP contribution in [0.25, 0.3) is 0 Å². The van der Waals surface area contributed by atoms with Crippen LogP contribution in [0.1, 0.15) is 17.5 Å². The van der Waals surface area contributed by atoms with Gasteiger partial charge in [-0.2, -0.15) is 0 Å². The summed E-state index contributed by atoms with van der Waals surface area (Å²) in [5.74, 6) is 1.55. The van der Waals surface area contributed by atoms with Gasteiger partial charge in [0.1, 0.15) is 11.5 Å². The van der Waals surface area contributed by atoms with Gasteiger partial charge in [-0.3, -0.25) is 4.79 Å². The second-order valence-corrected chi connectivity index (χ2v) is 6.21. The van der Waals surface area contributed by atoms with Gasteiger partial charge < -0.3 is 14.8 Å². The smallest absolute Gasteiger partial charge is 0.261 e. The number of para-hydroxylation sites is 1. The third-order valence-electron chi connectivity index (χ3n) is 4.10. The van der Waals surface area contributed by atoms with Crippen molar-refractivity contribution in [3.63, 3.8) is 0 Å². The molecule has 0 spiro atoms. The van der Waals surface area contributed by atoms with E-state index in [9.17, 15) is 4.79 Å². The molecule has 1 heterocycles. The molecule has 0 bridgehead atoms. The van der Waals surface area contributed by atoms with E-state index in [4.69, 9.17) is 21.1 Å². The van der Waals surface area contributed by atoms with Gasteiger partial charge in [-0.15, -0.1) is 0 Å². The molecule has 1 amide bonds. The molecule has 0 aromatic heterocycles. The minimum absolute atomic E-state index is 0.0812. The minimum Gasteiger partial charge on any atom is -0.496 e. The molecule has 0 saturated heterocycles. The van der Waals surface area contributed by atoms with Gasteiger partial charge in [0.15, 0.2) is 6.10 Å². The molecular weight excluding hydrogens is 326 g/mol. The number of rotatable bonds is 6. The summed E-state index contributed by atoms with van der Waals surface area (Å²) < 4.78 is 11.0. The van der Waals surface area contributed by atoms with E-state index in [-0.39, 0.29) is 5.91 Å². The first-order valence-corrected chi connectivity index (χ1v) is 8.40. The van der Waals surface area contributed by atoms with E-state index < -0.39 is 6.10 Å². The van der Waals surface area contributed by atoms with Crippen LogP contribution < -0.4 is 14.8 Å². The summed E-state index contributed by atoms with van der Waals surface area (Å²) in [6.45, 7) is 0.605. The Labute approximate surface area is 146 Å². The maximum absolute atomic E-state index is 12.2. The zero-order valence-electron chi connectivity index (χ0n) is 13.5. The summed E-state index contributed by atoms with van der Waals surface area (Å²) in [7, 11) is 1.67. The summed E-state index contributed by atoms with van der Waals surface area (Å²) in [4.78, 5) is 12.2. The lowest BCUT2D eigenvalue weighted by atomic mass is 10.1. The molecule has 0 fully saturated rings. The van der Waals surface area contributed by atoms with Gasteiger partial charge in [0, 0.05) is 18.0 Å². The van der Waals surface area contributed by atoms with Crippen LogP contribution >= 0.6 is 11.6 Å². The van der Waals surface area contributed by atoms with Gasteiger partial charge in [0.25, 0.3) is 5.91 Å². The van der Waals surface area contributed by atoms with Crippen molar-refractivity contribution in [1.29, 1.82) is 0 Å². The summed E-state index contributed by atoms with van der Waals surface area (Å²) in [6, 6.07) is 13.4. The van der Waals surface area contributed by atoms with Crippen molar-refractivity contribution in [2.45, 2.75) is 25.4 Å². The van der Waals surface area contributed by atoms with Crippen LogP contribution in [0.4, 0.5) is 0 Å². The van der Waals surface area contributed by atoms with Crippen molar-refractivity contribution in [2.75, 3.05) is 13.7 Å². The molecule has 0 aliphatic carbocycles. The Bertz CT molecular complexity index is 732.